The number of fused-ring (bicyclic) bond motifs is 4. The number of furan rings is 1. The van der Waals surface area contributed by atoms with Crippen LogP contribution in [0.1, 0.15) is 41.6 Å². The van der Waals surface area contributed by atoms with Crippen LogP contribution >= 0.6 is 15.9 Å². The number of halogens is 1. The van der Waals surface area contributed by atoms with Gasteiger partial charge in [-0.3, -0.25) is 0 Å². The van der Waals surface area contributed by atoms with Crippen LogP contribution in [0.2, 0.25) is 0 Å². The highest BCUT2D eigenvalue weighted by atomic mass is 79.9. The van der Waals surface area contributed by atoms with E-state index in [9.17, 15) is 0 Å². The van der Waals surface area contributed by atoms with E-state index in [1.807, 2.05) is 6.92 Å². The summed E-state index contributed by atoms with van der Waals surface area (Å²) >= 11 is 3.58. The quantitative estimate of drug-likeness (QED) is 0.635. The topological polar surface area (TPSA) is 22.4 Å². The van der Waals surface area contributed by atoms with Gasteiger partial charge < -0.3 is 9.15 Å². The highest BCUT2D eigenvalue weighted by Gasteiger charge is 2.28. The maximum Gasteiger partial charge on any atom is 0.145 e. The zero-order chi connectivity index (χ0) is 14.6. The Bertz CT molecular complexity index is 809. The summed E-state index contributed by atoms with van der Waals surface area (Å²) in [5.74, 6) is 2.88. The monoisotopic (exact) mass is 342 g/mol. The summed E-state index contributed by atoms with van der Waals surface area (Å²) in [5.41, 5.74) is 5.94. The molecule has 3 heteroatoms. The molecule has 1 aromatic carbocycles. The van der Waals surface area contributed by atoms with E-state index in [1.54, 1.807) is 0 Å². The second kappa shape index (κ2) is 4.63. The Morgan fingerprint density at radius 2 is 1.95 bits per heavy atom. The molecular weight excluding hydrogens is 328 g/mol. The zero-order valence-electron chi connectivity index (χ0n) is 12.0. The number of aryl methyl sites for hydroxylation is 1. The average Bonchev–Trinajstić information content (AvgIpc) is 2.79. The summed E-state index contributed by atoms with van der Waals surface area (Å²) in [5, 5.41) is 0. The van der Waals surface area contributed by atoms with Crippen molar-refractivity contribution < 1.29 is 9.15 Å². The van der Waals surface area contributed by atoms with Crippen LogP contribution in [-0.4, -0.2) is 0 Å². The van der Waals surface area contributed by atoms with Gasteiger partial charge in [0.2, 0.25) is 0 Å². The van der Waals surface area contributed by atoms with E-state index in [0.717, 1.165) is 33.7 Å². The van der Waals surface area contributed by atoms with Crippen molar-refractivity contribution in [2.24, 2.45) is 0 Å². The van der Waals surface area contributed by atoms with Crippen LogP contribution in [0.25, 0.3) is 11.1 Å². The van der Waals surface area contributed by atoms with Crippen molar-refractivity contribution in [3.05, 3.63) is 68.8 Å². The number of allylic oxidation sites excluding steroid dienone is 2. The van der Waals surface area contributed by atoms with Gasteiger partial charge in [-0.05, 0) is 48.7 Å². The number of benzene rings is 1. The van der Waals surface area contributed by atoms with Crippen LogP contribution in [0.3, 0.4) is 0 Å². The molecule has 4 rings (SSSR count). The Balaban J connectivity index is 2.03. The van der Waals surface area contributed by atoms with Crippen molar-refractivity contribution in [3.8, 4) is 0 Å². The summed E-state index contributed by atoms with van der Waals surface area (Å²) in [6.07, 6.45) is 3.04. The standard InChI is InChI=1S/C18H15BrO2/c1-10-3-6-16-17(18-14(10)7-11(2)21-18)15-8-13(19)5-4-12(15)9-20-16/h3-5,7-8H,6,9H2,1-2H3. The van der Waals surface area contributed by atoms with Crippen molar-refractivity contribution in [1.82, 2.24) is 0 Å². The largest absolute Gasteiger partial charge is 0.492 e. The number of hydrogen-bond acceptors (Lipinski definition) is 2. The average molecular weight is 343 g/mol. The van der Waals surface area contributed by atoms with Crippen LogP contribution in [-0.2, 0) is 11.3 Å². The third-order valence-electron chi connectivity index (χ3n) is 4.12. The summed E-state index contributed by atoms with van der Waals surface area (Å²) in [6, 6.07) is 8.45. The van der Waals surface area contributed by atoms with Gasteiger partial charge in [0.25, 0.3) is 0 Å². The normalized spacial score (nSPS) is 16.4. The molecule has 0 bridgehead atoms. The molecule has 2 aromatic rings. The molecule has 1 aliphatic carbocycles. The van der Waals surface area contributed by atoms with Crippen molar-refractivity contribution >= 4 is 27.1 Å². The van der Waals surface area contributed by atoms with Gasteiger partial charge in [-0.2, -0.15) is 0 Å². The minimum atomic E-state index is 0.628. The van der Waals surface area contributed by atoms with E-state index < -0.39 is 0 Å². The number of rotatable bonds is 0. The van der Waals surface area contributed by atoms with Crippen LogP contribution in [0.15, 0.2) is 45.0 Å². The Labute approximate surface area is 132 Å². The molecule has 0 saturated carbocycles. The van der Waals surface area contributed by atoms with Gasteiger partial charge in [0, 0.05) is 16.5 Å². The van der Waals surface area contributed by atoms with Gasteiger partial charge in [0.15, 0.2) is 0 Å². The van der Waals surface area contributed by atoms with Crippen molar-refractivity contribution in [1.29, 1.82) is 0 Å². The SMILES string of the molecule is CC1=CCC2=C(c3cc(Br)ccc3CO2)c2oc(C)cc21. The molecule has 0 spiro atoms. The minimum Gasteiger partial charge on any atom is -0.492 e. The lowest BCUT2D eigenvalue weighted by Crippen LogP contribution is -2.08. The van der Waals surface area contributed by atoms with E-state index >= 15 is 0 Å². The van der Waals surface area contributed by atoms with Crippen molar-refractivity contribution in [2.75, 3.05) is 0 Å². The van der Waals surface area contributed by atoms with Crippen molar-refractivity contribution in [2.45, 2.75) is 26.9 Å². The van der Waals surface area contributed by atoms with Gasteiger partial charge >= 0.3 is 0 Å². The lowest BCUT2D eigenvalue weighted by atomic mass is 9.93. The molecule has 2 nitrogen and oxygen atoms in total. The van der Waals surface area contributed by atoms with E-state index in [1.165, 1.54) is 22.3 Å². The molecule has 2 heterocycles. The van der Waals surface area contributed by atoms with Crippen molar-refractivity contribution in [3.63, 3.8) is 0 Å². The number of hydrogen-bond donors (Lipinski definition) is 0. The Morgan fingerprint density at radius 3 is 2.81 bits per heavy atom. The molecule has 1 aliphatic heterocycles. The van der Waals surface area contributed by atoms with Crippen LogP contribution < -0.4 is 0 Å². The molecule has 2 aliphatic rings. The lowest BCUT2D eigenvalue weighted by molar-refractivity contribution is 0.190. The summed E-state index contributed by atoms with van der Waals surface area (Å²) in [4.78, 5) is 0. The minimum absolute atomic E-state index is 0.628. The molecule has 1 aromatic heterocycles. The first-order valence-corrected chi connectivity index (χ1v) is 7.85. The van der Waals surface area contributed by atoms with Gasteiger partial charge in [-0.15, -0.1) is 0 Å². The van der Waals surface area contributed by atoms with E-state index in [2.05, 4.69) is 53.2 Å². The zero-order valence-corrected chi connectivity index (χ0v) is 13.6. The van der Waals surface area contributed by atoms with E-state index in [-0.39, 0.29) is 0 Å². The third kappa shape index (κ3) is 1.99. The van der Waals surface area contributed by atoms with E-state index in [0.29, 0.717) is 6.61 Å². The number of ether oxygens (including phenoxy) is 1. The first-order valence-electron chi connectivity index (χ1n) is 7.06. The highest BCUT2D eigenvalue weighted by molar-refractivity contribution is 9.10. The smallest absolute Gasteiger partial charge is 0.145 e. The summed E-state index contributed by atoms with van der Waals surface area (Å²) in [6.45, 7) is 4.76. The fourth-order valence-corrected chi connectivity index (χ4v) is 3.41. The Morgan fingerprint density at radius 1 is 1.10 bits per heavy atom. The summed E-state index contributed by atoms with van der Waals surface area (Å²) < 4.78 is 13.1. The van der Waals surface area contributed by atoms with Gasteiger partial charge in [0.1, 0.15) is 23.9 Å². The molecule has 0 unspecified atom stereocenters. The molecule has 0 atom stereocenters. The lowest BCUT2D eigenvalue weighted by Gasteiger charge is -2.22. The highest BCUT2D eigenvalue weighted by Crippen LogP contribution is 2.43. The molecule has 106 valence electrons. The molecule has 0 N–H and O–H groups in total. The Kier molecular flexibility index (Phi) is 2.86. The first-order chi connectivity index (χ1) is 10.1. The second-order valence-corrected chi connectivity index (χ2v) is 6.50. The maximum absolute atomic E-state index is 6.03. The van der Waals surface area contributed by atoms with Gasteiger partial charge in [0.05, 0.1) is 5.57 Å². The van der Waals surface area contributed by atoms with Crippen LogP contribution in [0.4, 0.5) is 0 Å². The van der Waals surface area contributed by atoms with E-state index in [4.69, 9.17) is 9.15 Å². The maximum atomic E-state index is 6.03. The van der Waals surface area contributed by atoms with Gasteiger partial charge in [-0.1, -0.05) is 28.1 Å². The predicted molar refractivity (Wildman–Crippen MR) is 86.7 cm³/mol. The Hall–Kier alpha value is -1.74. The second-order valence-electron chi connectivity index (χ2n) is 5.58. The fraction of sp³-hybridized carbons (Fsp3) is 0.222. The van der Waals surface area contributed by atoms with Crippen LogP contribution in [0, 0.1) is 6.92 Å². The molecular formula is C18H15BrO2. The van der Waals surface area contributed by atoms with Crippen LogP contribution in [0.5, 0.6) is 0 Å². The molecule has 0 amide bonds. The predicted octanol–water partition coefficient (Wildman–Crippen LogP) is 5.45. The third-order valence-corrected chi connectivity index (χ3v) is 4.62. The fourth-order valence-electron chi connectivity index (χ4n) is 3.05. The molecule has 0 saturated heterocycles. The first kappa shape index (κ1) is 13.0. The summed E-state index contributed by atoms with van der Waals surface area (Å²) in [7, 11) is 0. The molecule has 0 fully saturated rings. The molecule has 21 heavy (non-hydrogen) atoms. The molecule has 0 radical (unpaired) electrons. The van der Waals surface area contributed by atoms with Gasteiger partial charge in [-0.25, -0.2) is 0 Å².